The second-order valence-electron chi connectivity index (χ2n) is 7.23. The van der Waals surface area contributed by atoms with Gasteiger partial charge >= 0.3 is 0 Å². The molecule has 0 aliphatic rings. The minimum Gasteiger partial charge on any atom is -0.491 e. The van der Waals surface area contributed by atoms with Gasteiger partial charge in [-0.15, -0.1) is 0 Å². The number of aryl methyl sites for hydroxylation is 3. The molecule has 0 unspecified atom stereocenters. The summed E-state index contributed by atoms with van der Waals surface area (Å²) in [5.41, 5.74) is 2.96. The van der Waals surface area contributed by atoms with Gasteiger partial charge in [0.25, 0.3) is 5.56 Å². The highest BCUT2D eigenvalue weighted by Gasteiger charge is 2.13. The van der Waals surface area contributed by atoms with Gasteiger partial charge in [-0.3, -0.25) is 9.36 Å². The molecule has 4 rings (SSSR count). The molecule has 0 fully saturated rings. The van der Waals surface area contributed by atoms with Crippen LogP contribution in [0.1, 0.15) is 17.0 Å². The first-order valence-corrected chi connectivity index (χ1v) is 10.8. The zero-order valence-corrected chi connectivity index (χ0v) is 18.1. The lowest BCUT2D eigenvalue weighted by Gasteiger charge is -2.15. The molecule has 2 heterocycles. The molecular weight excluding hydrogens is 396 g/mol. The SMILES string of the molecule is Cc1ccc(OCCn2c(CSc3nccn3C)nc3ccccc3c2=O)c(C)c1. The van der Waals surface area contributed by atoms with Crippen molar-refractivity contribution in [2.45, 2.75) is 31.3 Å². The molecule has 0 amide bonds. The van der Waals surface area contributed by atoms with Crippen molar-refractivity contribution in [1.29, 1.82) is 0 Å². The van der Waals surface area contributed by atoms with Gasteiger partial charge in [-0.1, -0.05) is 41.6 Å². The van der Waals surface area contributed by atoms with E-state index in [1.807, 2.05) is 61.1 Å². The van der Waals surface area contributed by atoms with Crippen LogP contribution in [0.3, 0.4) is 0 Å². The van der Waals surface area contributed by atoms with Crippen LogP contribution in [0.4, 0.5) is 0 Å². The van der Waals surface area contributed by atoms with E-state index in [0.29, 0.717) is 29.8 Å². The Morgan fingerprint density at radius 3 is 2.73 bits per heavy atom. The summed E-state index contributed by atoms with van der Waals surface area (Å²) >= 11 is 1.56. The third-order valence-corrected chi connectivity index (χ3v) is 6.01. The summed E-state index contributed by atoms with van der Waals surface area (Å²) in [6.07, 6.45) is 3.67. The van der Waals surface area contributed by atoms with Crippen molar-refractivity contribution in [3.8, 4) is 5.75 Å². The van der Waals surface area contributed by atoms with Crippen LogP contribution in [0.25, 0.3) is 10.9 Å². The lowest BCUT2D eigenvalue weighted by atomic mass is 10.1. The van der Waals surface area contributed by atoms with E-state index in [1.165, 1.54) is 5.56 Å². The molecule has 4 aromatic rings. The maximum atomic E-state index is 13.2. The summed E-state index contributed by atoms with van der Waals surface area (Å²) in [6, 6.07) is 13.6. The normalized spacial score (nSPS) is 11.2. The zero-order chi connectivity index (χ0) is 21.1. The van der Waals surface area contributed by atoms with Crippen LogP contribution in [0.5, 0.6) is 5.75 Å². The van der Waals surface area contributed by atoms with E-state index >= 15 is 0 Å². The molecule has 2 aromatic heterocycles. The van der Waals surface area contributed by atoms with E-state index in [4.69, 9.17) is 9.72 Å². The first-order chi connectivity index (χ1) is 14.5. The fraction of sp³-hybridized carbons (Fsp3) is 0.261. The van der Waals surface area contributed by atoms with Crippen LogP contribution >= 0.6 is 11.8 Å². The van der Waals surface area contributed by atoms with Crippen LogP contribution in [-0.2, 0) is 19.3 Å². The predicted octanol–water partition coefficient (Wildman–Crippen LogP) is 4.12. The van der Waals surface area contributed by atoms with Gasteiger partial charge < -0.3 is 9.30 Å². The third-order valence-electron chi connectivity index (χ3n) is 4.95. The average Bonchev–Trinajstić information content (AvgIpc) is 3.14. The number of ether oxygens (including phenoxy) is 1. The van der Waals surface area contributed by atoms with Crippen molar-refractivity contribution in [2.75, 3.05) is 6.61 Å². The first-order valence-electron chi connectivity index (χ1n) is 9.81. The molecular formula is C23H24N4O2S. The smallest absolute Gasteiger partial charge is 0.261 e. The van der Waals surface area contributed by atoms with E-state index < -0.39 is 0 Å². The Morgan fingerprint density at radius 2 is 1.97 bits per heavy atom. The minimum absolute atomic E-state index is 0.0414. The molecule has 0 atom stereocenters. The van der Waals surface area contributed by atoms with Gasteiger partial charge in [0.15, 0.2) is 5.16 Å². The zero-order valence-electron chi connectivity index (χ0n) is 17.3. The second kappa shape index (κ2) is 8.75. The largest absolute Gasteiger partial charge is 0.491 e. The standard InChI is InChI=1S/C23H24N4O2S/c1-16-8-9-20(17(2)14-16)29-13-12-27-21(15-30-23-24-10-11-26(23)3)25-19-7-5-4-6-18(19)22(27)28/h4-11,14H,12-13,15H2,1-3H3. The van der Waals surface area contributed by atoms with Crippen LogP contribution in [0, 0.1) is 13.8 Å². The lowest BCUT2D eigenvalue weighted by Crippen LogP contribution is -2.27. The van der Waals surface area contributed by atoms with Crippen LogP contribution < -0.4 is 10.3 Å². The minimum atomic E-state index is -0.0414. The van der Waals surface area contributed by atoms with E-state index in [-0.39, 0.29) is 5.56 Å². The molecule has 0 saturated heterocycles. The number of nitrogens with zero attached hydrogens (tertiary/aromatic N) is 4. The Bertz CT molecular complexity index is 1250. The fourth-order valence-electron chi connectivity index (χ4n) is 3.38. The summed E-state index contributed by atoms with van der Waals surface area (Å²) in [4.78, 5) is 22.3. The molecule has 7 heteroatoms. The number of benzene rings is 2. The highest BCUT2D eigenvalue weighted by Crippen LogP contribution is 2.21. The van der Waals surface area contributed by atoms with Crippen LogP contribution in [0.15, 0.2) is 64.8 Å². The number of imidazole rings is 1. The first kappa shape index (κ1) is 20.2. The molecule has 0 aliphatic carbocycles. The fourth-order valence-corrected chi connectivity index (χ4v) is 4.26. The van der Waals surface area contributed by atoms with E-state index in [9.17, 15) is 4.79 Å². The molecule has 6 nitrogen and oxygen atoms in total. The number of aromatic nitrogens is 4. The number of hydrogen-bond acceptors (Lipinski definition) is 5. The molecule has 0 spiro atoms. The summed E-state index contributed by atoms with van der Waals surface area (Å²) in [7, 11) is 1.95. The van der Waals surface area contributed by atoms with Crippen molar-refractivity contribution in [3.05, 3.63) is 82.2 Å². The van der Waals surface area contributed by atoms with Crippen LogP contribution in [-0.4, -0.2) is 25.7 Å². The van der Waals surface area contributed by atoms with Crippen molar-refractivity contribution in [3.63, 3.8) is 0 Å². The summed E-state index contributed by atoms with van der Waals surface area (Å²) in [5, 5.41) is 1.50. The van der Waals surface area contributed by atoms with Crippen LogP contribution in [0.2, 0.25) is 0 Å². The maximum Gasteiger partial charge on any atom is 0.261 e. The van der Waals surface area contributed by atoms with Gasteiger partial charge in [-0.05, 0) is 37.6 Å². The highest BCUT2D eigenvalue weighted by molar-refractivity contribution is 7.98. The molecule has 2 aromatic carbocycles. The monoisotopic (exact) mass is 420 g/mol. The van der Waals surface area contributed by atoms with Gasteiger partial charge in [0.2, 0.25) is 0 Å². The van der Waals surface area contributed by atoms with Gasteiger partial charge in [0, 0.05) is 19.4 Å². The van der Waals surface area contributed by atoms with E-state index in [0.717, 1.165) is 22.3 Å². The molecule has 154 valence electrons. The molecule has 0 N–H and O–H groups in total. The Morgan fingerprint density at radius 1 is 1.13 bits per heavy atom. The summed E-state index contributed by atoms with van der Waals surface area (Å²) in [6.45, 7) is 4.91. The molecule has 0 aliphatic heterocycles. The summed E-state index contributed by atoms with van der Waals surface area (Å²) in [5.74, 6) is 2.11. The van der Waals surface area contributed by atoms with Crippen molar-refractivity contribution in [2.24, 2.45) is 7.05 Å². The Hall–Kier alpha value is -3.06. The highest BCUT2D eigenvalue weighted by atomic mass is 32.2. The Kier molecular flexibility index (Phi) is 5.90. The van der Waals surface area contributed by atoms with Gasteiger partial charge in [-0.2, -0.15) is 0 Å². The predicted molar refractivity (Wildman–Crippen MR) is 120 cm³/mol. The topological polar surface area (TPSA) is 61.9 Å². The molecule has 0 radical (unpaired) electrons. The Labute approximate surface area is 179 Å². The number of rotatable bonds is 7. The van der Waals surface area contributed by atoms with Crippen molar-refractivity contribution < 1.29 is 4.74 Å². The number of thioether (sulfide) groups is 1. The van der Waals surface area contributed by atoms with Gasteiger partial charge in [0.05, 0.1) is 23.2 Å². The average molecular weight is 421 g/mol. The number of fused-ring (bicyclic) bond motifs is 1. The van der Waals surface area contributed by atoms with E-state index in [1.54, 1.807) is 22.5 Å². The maximum absolute atomic E-state index is 13.2. The molecule has 0 bridgehead atoms. The quantitative estimate of drug-likeness (QED) is 0.421. The van der Waals surface area contributed by atoms with E-state index in [2.05, 4.69) is 18.0 Å². The molecule has 0 saturated carbocycles. The number of para-hydroxylation sites is 1. The third kappa shape index (κ3) is 4.26. The lowest BCUT2D eigenvalue weighted by molar-refractivity contribution is 0.292. The van der Waals surface area contributed by atoms with Crippen molar-refractivity contribution >= 4 is 22.7 Å². The Balaban J connectivity index is 1.60. The van der Waals surface area contributed by atoms with Crippen molar-refractivity contribution in [1.82, 2.24) is 19.1 Å². The molecule has 30 heavy (non-hydrogen) atoms. The van der Waals surface area contributed by atoms with Gasteiger partial charge in [-0.25, -0.2) is 9.97 Å². The second-order valence-corrected chi connectivity index (χ2v) is 8.17. The summed E-state index contributed by atoms with van der Waals surface area (Å²) < 4.78 is 9.66. The number of hydrogen-bond donors (Lipinski definition) is 0. The van der Waals surface area contributed by atoms with Gasteiger partial charge in [0.1, 0.15) is 18.2 Å².